The molecule has 2 aliphatic heterocycles. The first-order valence-electron chi connectivity index (χ1n) is 9.93. The minimum atomic E-state index is -0.624. The van der Waals surface area contributed by atoms with Crippen molar-refractivity contribution in [3.8, 4) is 5.30 Å². The first-order chi connectivity index (χ1) is 14.8. The van der Waals surface area contributed by atoms with Gasteiger partial charge in [0.25, 0.3) is 0 Å². The van der Waals surface area contributed by atoms with Gasteiger partial charge in [-0.2, -0.15) is 0 Å². The first-order valence-corrected chi connectivity index (χ1v) is 11.3. The first kappa shape index (κ1) is 17.2. The summed E-state index contributed by atoms with van der Waals surface area (Å²) < 4.78 is 0. The van der Waals surface area contributed by atoms with Crippen molar-refractivity contribution in [2.45, 2.75) is 0 Å². The molecule has 0 radical (unpaired) electrons. The van der Waals surface area contributed by atoms with Gasteiger partial charge in [-0.05, 0) is 78.1 Å². The molecule has 4 heteroatoms. The van der Waals surface area contributed by atoms with E-state index in [-0.39, 0.29) is 0 Å². The third-order valence-electron chi connectivity index (χ3n) is 5.25. The second-order valence-electron chi connectivity index (χ2n) is 7.39. The van der Waals surface area contributed by atoms with E-state index in [1.54, 1.807) is 0 Å². The fourth-order valence-corrected chi connectivity index (χ4v) is 6.23. The smallest absolute Gasteiger partial charge is 0.0658 e. The van der Waals surface area contributed by atoms with Crippen LogP contribution in [-0.2, 0) is 0 Å². The second-order valence-corrected chi connectivity index (χ2v) is 9.61. The molecule has 0 unspecified atom stereocenters. The van der Waals surface area contributed by atoms with Crippen LogP contribution in [0.2, 0.25) is 0 Å². The maximum atomic E-state index is 4.81. The predicted octanol–water partition coefficient (Wildman–Crippen LogP) is 7.30. The molecule has 1 N–H and O–H groups in total. The number of rotatable bonds is 1. The van der Waals surface area contributed by atoms with Gasteiger partial charge in [0, 0.05) is 21.3 Å². The summed E-state index contributed by atoms with van der Waals surface area (Å²) in [5.41, 5.74) is 5.96. The van der Waals surface area contributed by atoms with E-state index < -0.39 is 7.53 Å². The third-order valence-corrected chi connectivity index (χ3v) is 7.65. The van der Waals surface area contributed by atoms with Gasteiger partial charge in [0.2, 0.25) is 0 Å². The molecule has 0 saturated heterocycles. The van der Waals surface area contributed by atoms with Crippen molar-refractivity contribution < 1.29 is 0 Å². The number of fused-ring (bicyclic) bond motifs is 8. The fourth-order valence-electron chi connectivity index (χ4n) is 3.90. The van der Waals surface area contributed by atoms with Gasteiger partial charge in [-0.15, -0.1) is 0 Å². The van der Waals surface area contributed by atoms with Crippen molar-refractivity contribution in [2.75, 3.05) is 0 Å². The van der Waals surface area contributed by atoms with E-state index >= 15 is 0 Å². The average Bonchev–Trinajstić information content (AvgIpc) is 3.54. The van der Waals surface area contributed by atoms with Crippen molar-refractivity contribution in [3.05, 3.63) is 102 Å². The summed E-state index contributed by atoms with van der Waals surface area (Å²) >= 11 is 0. The molecule has 8 bridgehead atoms. The molecule has 0 amide bonds. The normalized spacial score (nSPS) is 12.4. The molecule has 0 spiro atoms. The van der Waals surface area contributed by atoms with Gasteiger partial charge < -0.3 is 4.98 Å². The zero-order valence-electron chi connectivity index (χ0n) is 16.2. The van der Waals surface area contributed by atoms with E-state index in [0.717, 1.165) is 33.8 Å². The van der Waals surface area contributed by atoms with E-state index in [0.29, 0.717) is 0 Å². The average molecular weight is 403 g/mol. The highest BCUT2D eigenvalue weighted by molar-refractivity contribution is 7.66. The minimum Gasteiger partial charge on any atom is -0.355 e. The zero-order valence-corrected chi connectivity index (χ0v) is 17.1. The molecular formula is C26H18N3P. The summed E-state index contributed by atoms with van der Waals surface area (Å²) in [7, 11) is -0.624. The number of hydrogen-bond acceptors (Lipinski definition) is 2. The highest BCUT2D eigenvalue weighted by Gasteiger charge is 2.07. The van der Waals surface area contributed by atoms with Crippen LogP contribution in [0.3, 0.4) is 0 Å². The van der Waals surface area contributed by atoms with Crippen LogP contribution in [0.15, 0.2) is 78.9 Å². The van der Waals surface area contributed by atoms with Crippen LogP contribution in [0.25, 0.3) is 50.9 Å². The molecule has 142 valence electrons. The lowest BCUT2D eigenvalue weighted by Crippen LogP contribution is -1.74. The second kappa shape index (κ2) is 6.98. The number of benzene rings is 1. The molecule has 0 saturated carbocycles. The predicted molar refractivity (Wildman–Crippen MR) is 129 cm³/mol. The van der Waals surface area contributed by atoms with Gasteiger partial charge in [0.15, 0.2) is 0 Å². The van der Waals surface area contributed by atoms with Crippen LogP contribution < -0.4 is 0 Å². The molecule has 6 rings (SSSR count). The van der Waals surface area contributed by atoms with Crippen molar-refractivity contribution in [1.29, 1.82) is 0 Å². The lowest BCUT2D eigenvalue weighted by Gasteiger charge is -2.02. The molecule has 0 atom stereocenters. The minimum absolute atomic E-state index is 0.624. The highest BCUT2D eigenvalue weighted by atomic mass is 31.1. The van der Waals surface area contributed by atoms with Gasteiger partial charge in [0.05, 0.1) is 22.8 Å². The van der Waals surface area contributed by atoms with Gasteiger partial charge in [0.1, 0.15) is 0 Å². The van der Waals surface area contributed by atoms with Crippen LogP contribution in [0.5, 0.6) is 0 Å². The Labute approximate surface area is 175 Å². The van der Waals surface area contributed by atoms with Crippen molar-refractivity contribution in [2.24, 2.45) is 0 Å². The van der Waals surface area contributed by atoms with E-state index in [2.05, 4.69) is 108 Å². The Morgan fingerprint density at radius 1 is 0.533 bits per heavy atom. The maximum Gasteiger partial charge on any atom is 0.0658 e. The molecule has 0 aliphatic carbocycles. The molecule has 3 aromatic heterocycles. The Bertz CT molecular complexity index is 1400. The molecule has 3 nitrogen and oxygen atoms in total. The zero-order chi connectivity index (χ0) is 19.9. The molecular weight excluding hydrogens is 385 g/mol. The van der Waals surface area contributed by atoms with Crippen LogP contribution in [0.1, 0.15) is 22.8 Å². The Morgan fingerprint density at radius 3 is 1.57 bits per heavy atom. The summed E-state index contributed by atoms with van der Waals surface area (Å²) in [6.45, 7) is 0. The van der Waals surface area contributed by atoms with Gasteiger partial charge >= 0.3 is 0 Å². The molecule has 30 heavy (non-hydrogen) atoms. The highest BCUT2D eigenvalue weighted by Crippen LogP contribution is 2.49. The third kappa shape index (κ3) is 3.20. The topological polar surface area (TPSA) is 41.6 Å². The molecule has 2 aliphatic rings. The summed E-state index contributed by atoms with van der Waals surface area (Å²) in [4.78, 5) is 13.0. The Balaban J connectivity index is 1.72. The van der Waals surface area contributed by atoms with Gasteiger partial charge in [-0.3, -0.25) is 0 Å². The maximum absolute atomic E-state index is 4.81. The van der Waals surface area contributed by atoms with Crippen LogP contribution in [-0.4, -0.2) is 15.0 Å². The Hall–Kier alpha value is -3.68. The fraction of sp³-hybridized carbons (Fsp3) is 0. The Kier molecular flexibility index (Phi) is 4.00. The number of aromatic amines is 1. The SMILES string of the molecule is C1=Cc2cc3ccc(cc4nc(cc5ccc(cc1n2)[nH]5)C=C4)p3-c1ccccc1. The Morgan fingerprint density at radius 2 is 1.03 bits per heavy atom. The monoisotopic (exact) mass is 403 g/mol. The number of hydrogen-bond donors (Lipinski definition) is 1. The number of aromatic nitrogens is 3. The summed E-state index contributed by atoms with van der Waals surface area (Å²) in [5.74, 6) is 0. The van der Waals surface area contributed by atoms with E-state index in [1.807, 2.05) is 0 Å². The lowest BCUT2D eigenvalue weighted by atomic mass is 10.3. The number of H-pyrrole nitrogens is 1. The molecule has 1 aromatic carbocycles. The van der Waals surface area contributed by atoms with Gasteiger partial charge in [-0.1, -0.05) is 37.9 Å². The summed E-state index contributed by atoms with van der Waals surface area (Å²) in [6.07, 6.45) is 8.32. The molecule has 0 fully saturated rings. The number of nitrogens with one attached hydrogen (secondary N) is 1. The molecule has 4 aromatic rings. The summed E-state index contributed by atoms with van der Waals surface area (Å²) in [6, 6.07) is 27.9. The van der Waals surface area contributed by atoms with Crippen LogP contribution in [0, 0.1) is 0 Å². The lowest BCUT2D eigenvalue weighted by molar-refractivity contribution is 1.32. The van der Waals surface area contributed by atoms with Crippen LogP contribution >= 0.6 is 7.53 Å². The molecule has 5 heterocycles. The van der Waals surface area contributed by atoms with E-state index in [9.17, 15) is 0 Å². The van der Waals surface area contributed by atoms with E-state index in [4.69, 9.17) is 9.97 Å². The van der Waals surface area contributed by atoms with Crippen LogP contribution in [0.4, 0.5) is 0 Å². The number of nitrogens with zero attached hydrogens (tertiary/aromatic N) is 2. The summed E-state index contributed by atoms with van der Waals surface area (Å²) in [5, 5.41) is 3.95. The largest absolute Gasteiger partial charge is 0.355 e. The van der Waals surface area contributed by atoms with Crippen molar-refractivity contribution >= 4 is 53.1 Å². The standard InChI is InChI=1S/C26H18N3P/c1-2-4-24(5-3-1)30-25-12-13-26(30)17-23-11-9-21(29-23)15-19-7-6-18(27-19)14-20-8-10-22(16-25)28-20/h1-17,27H. The van der Waals surface area contributed by atoms with E-state index in [1.165, 1.54) is 15.5 Å². The van der Waals surface area contributed by atoms with Crippen molar-refractivity contribution in [1.82, 2.24) is 15.0 Å². The quantitative estimate of drug-likeness (QED) is 0.313. The van der Waals surface area contributed by atoms with Crippen molar-refractivity contribution in [3.63, 3.8) is 0 Å². The van der Waals surface area contributed by atoms with Gasteiger partial charge in [-0.25, -0.2) is 9.97 Å².